The number of nitrogens with one attached hydrogen (secondary N) is 3. The molecule has 0 amide bonds. The first-order chi connectivity index (χ1) is 6.36. The van der Waals surface area contributed by atoms with Gasteiger partial charge < -0.3 is 16.0 Å². The molecule has 13 heavy (non-hydrogen) atoms. The molecule has 0 unspecified atom stereocenters. The highest BCUT2D eigenvalue weighted by Gasteiger charge is 2.13. The van der Waals surface area contributed by atoms with E-state index in [0.29, 0.717) is 5.82 Å². The van der Waals surface area contributed by atoms with Crippen molar-refractivity contribution in [3.05, 3.63) is 23.8 Å². The molecule has 5 N–H and O–H groups in total. The van der Waals surface area contributed by atoms with E-state index in [2.05, 4.69) is 21.1 Å². The van der Waals surface area contributed by atoms with Gasteiger partial charge in [-0.2, -0.15) is 0 Å². The Kier molecular flexibility index (Phi) is 2.27. The summed E-state index contributed by atoms with van der Waals surface area (Å²) in [4.78, 5) is 2.28. The Balaban J connectivity index is 1.99. The fraction of sp³-hybridized carbons (Fsp3) is 0.500. The monoisotopic (exact) mass is 181 g/mol. The van der Waals surface area contributed by atoms with E-state index in [4.69, 9.17) is 5.73 Å². The quantitative estimate of drug-likeness (QED) is 0.402. The summed E-state index contributed by atoms with van der Waals surface area (Å²) in [6.45, 7) is 4.15. The molecule has 0 aliphatic carbocycles. The zero-order chi connectivity index (χ0) is 9.10. The molecule has 1 fully saturated rings. The van der Waals surface area contributed by atoms with E-state index in [1.54, 1.807) is 0 Å². The van der Waals surface area contributed by atoms with Gasteiger partial charge in [0, 0.05) is 26.2 Å². The van der Waals surface area contributed by atoms with Gasteiger partial charge in [-0.05, 0) is 12.2 Å². The van der Waals surface area contributed by atoms with E-state index in [9.17, 15) is 0 Å². The fourth-order valence-corrected chi connectivity index (χ4v) is 1.48. The predicted octanol–water partition coefficient (Wildman–Crippen LogP) is -1.36. The van der Waals surface area contributed by atoms with Gasteiger partial charge >= 0.3 is 0 Å². The summed E-state index contributed by atoms with van der Waals surface area (Å²) >= 11 is 0. The van der Waals surface area contributed by atoms with Crippen molar-refractivity contribution in [3.63, 3.8) is 0 Å². The number of nitrogens with two attached hydrogens (primary N) is 1. The Morgan fingerprint density at radius 2 is 1.92 bits per heavy atom. The van der Waals surface area contributed by atoms with Crippen LogP contribution in [0.3, 0.4) is 0 Å². The van der Waals surface area contributed by atoms with Crippen LogP contribution in [0.1, 0.15) is 0 Å². The van der Waals surface area contributed by atoms with Crippen LogP contribution in [0.5, 0.6) is 0 Å². The number of hydrogen-bond donors (Lipinski definition) is 4. The van der Waals surface area contributed by atoms with Crippen LogP contribution in [0.2, 0.25) is 0 Å². The lowest BCUT2D eigenvalue weighted by molar-refractivity contribution is 0.272. The molecular weight excluding hydrogens is 166 g/mol. The molecular formula is C8H15N5. The van der Waals surface area contributed by atoms with Crippen molar-refractivity contribution in [3.8, 4) is 0 Å². The molecule has 0 saturated carbocycles. The predicted molar refractivity (Wildman–Crippen MR) is 51.1 cm³/mol. The third-order valence-corrected chi connectivity index (χ3v) is 2.21. The lowest BCUT2D eigenvalue weighted by Crippen LogP contribution is -2.49. The number of piperazine rings is 1. The number of hydrogen-bond acceptors (Lipinski definition) is 5. The SMILES string of the molecule is NC1=CC=C(N2CCNCC2)NN1. The van der Waals surface area contributed by atoms with Gasteiger partial charge in [-0.25, -0.2) is 0 Å². The Morgan fingerprint density at radius 1 is 1.15 bits per heavy atom. The van der Waals surface area contributed by atoms with Crippen molar-refractivity contribution < 1.29 is 0 Å². The van der Waals surface area contributed by atoms with Crippen molar-refractivity contribution >= 4 is 0 Å². The molecule has 72 valence electrons. The number of rotatable bonds is 1. The van der Waals surface area contributed by atoms with Crippen LogP contribution >= 0.6 is 0 Å². The fourth-order valence-electron chi connectivity index (χ4n) is 1.48. The minimum absolute atomic E-state index is 0.652. The molecule has 0 atom stereocenters. The zero-order valence-corrected chi connectivity index (χ0v) is 7.51. The molecule has 1 saturated heterocycles. The van der Waals surface area contributed by atoms with Gasteiger partial charge in [0.2, 0.25) is 0 Å². The highest BCUT2D eigenvalue weighted by molar-refractivity contribution is 5.18. The molecule has 0 aromatic heterocycles. The largest absolute Gasteiger partial charge is 0.384 e. The second kappa shape index (κ2) is 3.57. The second-order valence-electron chi connectivity index (χ2n) is 3.16. The number of nitrogens with zero attached hydrogens (tertiary/aromatic N) is 1. The molecule has 2 heterocycles. The maximum Gasteiger partial charge on any atom is 0.120 e. The van der Waals surface area contributed by atoms with E-state index in [0.717, 1.165) is 32.0 Å². The summed E-state index contributed by atoms with van der Waals surface area (Å²) in [5, 5.41) is 3.31. The molecule has 0 radical (unpaired) electrons. The highest BCUT2D eigenvalue weighted by atomic mass is 15.5. The normalized spacial score (nSPS) is 22.6. The van der Waals surface area contributed by atoms with Crippen molar-refractivity contribution in [2.45, 2.75) is 0 Å². The molecule has 2 aliphatic rings. The Bertz CT molecular complexity index is 239. The van der Waals surface area contributed by atoms with Crippen LogP contribution in [0.15, 0.2) is 23.8 Å². The van der Waals surface area contributed by atoms with Gasteiger partial charge in [0.1, 0.15) is 11.6 Å². The van der Waals surface area contributed by atoms with Gasteiger partial charge in [-0.3, -0.25) is 10.9 Å². The summed E-state index contributed by atoms with van der Waals surface area (Å²) in [6.07, 6.45) is 3.87. The standard InChI is InChI=1S/C8H15N5/c9-7-1-2-8(12-11-7)13-5-3-10-4-6-13/h1-2,10-12H,3-6,9H2. The van der Waals surface area contributed by atoms with E-state index in [1.165, 1.54) is 0 Å². The summed E-state index contributed by atoms with van der Waals surface area (Å²) in [7, 11) is 0. The molecule has 2 aliphatic heterocycles. The van der Waals surface area contributed by atoms with Crippen LogP contribution in [-0.4, -0.2) is 31.1 Å². The van der Waals surface area contributed by atoms with E-state index in [-0.39, 0.29) is 0 Å². The Morgan fingerprint density at radius 3 is 2.54 bits per heavy atom. The number of hydrazine groups is 1. The number of allylic oxidation sites excluding steroid dienone is 2. The molecule has 0 aromatic rings. The smallest absolute Gasteiger partial charge is 0.120 e. The summed E-state index contributed by atoms with van der Waals surface area (Å²) in [5.74, 6) is 1.74. The maximum absolute atomic E-state index is 5.54. The average Bonchev–Trinajstić information content (AvgIpc) is 2.20. The third kappa shape index (κ3) is 1.86. The molecule has 0 bridgehead atoms. The van der Waals surface area contributed by atoms with Crippen molar-refractivity contribution in [1.82, 2.24) is 21.1 Å². The highest BCUT2D eigenvalue weighted by Crippen LogP contribution is 2.04. The second-order valence-corrected chi connectivity index (χ2v) is 3.16. The van der Waals surface area contributed by atoms with E-state index < -0.39 is 0 Å². The lowest BCUT2D eigenvalue weighted by Gasteiger charge is -2.33. The van der Waals surface area contributed by atoms with Crippen molar-refractivity contribution in [2.75, 3.05) is 26.2 Å². The molecule has 2 rings (SSSR count). The van der Waals surface area contributed by atoms with Crippen LogP contribution in [0, 0.1) is 0 Å². The first kappa shape index (κ1) is 8.25. The molecule has 5 nitrogen and oxygen atoms in total. The average molecular weight is 181 g/mol. The maximum atomic E-state index is 5.54. The minimum atomic E-state index is 0.652. The molecule has 5 heteroatoms. The van der Waals surface area contributed by atoms with Gasteiger partial charge in [0.25, 0.3) is 0 Å². The third-order valence-electron chi connectivity index (χ3n) is 2.21. The van der Waals surface area contributed by atoms with Gasteiger partial charge in [-0.1, -0.05) is 0 Å². The van der Waals surface area contributed by atoms with Crippen LogP contribution in [0.4, 0.5) is 0 Å². The lowest BCUT2D eigenvalue weighted by atomic mass is 10.3. The Labute approximate surface area is 77.6 Å². The zero-order valence-electron chi connectivity index (χ0n) is 7.51. The van der Waals surface area contributed by atoms with Crippen LogP contribution in [0.25, 0.3) is 0 Å². The first-order valence-corrected chi connectivity index (χ1v) is 4.51. The van der Waals surface area contributed by atoms with Crippen LogP contribution < -0.4 is 21.9 Å². The van der Waals surface area contributed by atoms with E-state index >= 15 is 0 Å². The topological polar surface area (TPSA) is 65.3 Å². The van der Waals surface area contributed by atoms with Gasteiger partial charge in [0.05, 0.1) is 0 Å². The summed E-state index contributed by atoms with van der Waals surface area (Å²) in [5.41, 5.74) is 11.5. The summed E-state index contributed by atoms with van der Waals surface area (Å²) < 4.78 is 0. The van der Waals surface area contributed by atoms with Gasteiger partial charge in [-0.15, -0.1) is 0 Å². The van der Waals surface area contributed by atoms with E-state index in [1.807, 2.05) is 12.2 Å². The van der Waals surface area contributed by atoms with Crippen LogP contribution in [-0.2, 0) is 0 Å². The molecule has 0 aromatic carbocycles. The first-order valence-electron chi connectivity index (χ1n) is 4.51. The summed E-state index contributed by atoms with van der Waals surface area (Å²) in [6, 6.07) is 0. The van der Waals surface area contributed by atoms with Crippen molar-refractivity contribution in [1.29, 1.82) is 0 Å². The minimum Gasteiger partial charge on any atom is -0.384 e. The van der Waals surface area contributed by atoms with Crippen molar-refractivity contribution in [2.24, 2.45) is 5.73 Å². The van der Waals surface area contributed by atoms with Gasteiger partial charge in [0.15, 0.2) is 0 Å². The molecule has 0 spiro atoms. The Hall–Kier alpha value is -1.36.